The van der Waals surface area contributed by atoms with Gasteiger partial charge in [-0.05, 0) is 13.0 Å². The predicted octanol–water partition coefficient (Wildman–Crippen LogP) is 0.470. The van der Waals surface area contributed by atoms with Crippen molar-refractivity contribution in [3.63, 3.8) is 0 Å². The number of aromatic nitrogens is 4. The van der Waals surface area contributed by atoms with Crippen LogP contribution >= 0.6 is 0 Å². The second-order valence-electron chi connectivity index (χ2n) is 5.40. The molecule has 0 saturated heterocycles. The van der Waals surface area contributed by atoms with E-state index in [4.69, 9.17) is 0 Å². The van der Waals surface area contributed by atoms with Crippen LogP contribution in [-0.4, -0.2) is 46.3 Å². The van der Waals surface area contributed by atoms with Crippen molar-refractivity contribution in [2.75, 3.05) is 12.8 Å². The van der Waals surface area contributed by atoms with Crippen LogP contribution in [0.3, 0.4) is 0 Å². The minimum Gasteiger partial charge on any atom is -0.293 e. The maximum Gasteiger partial charge on any atom is 0.246 e. The molecule has 0 radical (unpaired) electrons. The Morgan fingerprint density at radius 2 is 2.24 bits per heavy atom. The van der Waals surface area contributed by atoms with E-state index in [-0.39, 0.29) is 5.16 Å². The third-order valence-corrected chi connectivity index (χ3v) is 4.33. The highest BCUT2D eigenvalue weighted by Crippen LogP contribution is 2.19. The molecule has 3 rings (SSSR count). The second-order valence-corrected chi connectivity index (χ2v) is 7.31. The monoisotopic (exact) mass is 307 g/mol. The molecule has 8 heteroatoms. The van der Waals surface area contributed by atoms with Crippen molar-refractivity contribution in [1.29, 1.82) is 0 Å². The number of aromatic amines is 1. The molecule has 2 aromatic heterocycles. The van der Waals surface area contributed by atoms with Gasteiger partial charge in [-0.1, -0.05) is 0 Å². The van der Waals surface area contributed by atoms with E-state index in [9.17, 15) is 8.42 Å². The summed E-state index contributed by atoms with van der Waals surface area (Å²) in [6, 6.07) is 2.03. The molecular weight excluding hydrogens is 290 g/mol. The molecule has 0 fully saturated rings. The first-order valence-electron chi connectivity index (χ1n) is 6.70. The summed E-state index contributed by atoms with van der Waals surface area (Å²) >= 11 is 0. The van der Waals surface area contributed by atoms with Crippen molar-refractivity contribution in [3.05, 3.63) is 34.9 Å². The first kappa shape index (κ1) is 14.2. The van der Waals surface area contributed by atoms with Gasteiger partial charge in [0.2, 0.25) is 15.0 Å². The Labute approximate surface area is 123 Å². The highest BCUT2D eigenvalue weighted by atomic mass is 32.2. The molecule has 3 heterocycles. The number of fused-ring (bicyclic) bond motifs is 1. The van der Waals surface area contributed by atoms with E-state index in [0.29, 0.717) is 6.54 Å². The number of H-pyrrole nitrogens is 1. The van der Waals surface area contributed by atoms with Crippen LogP contribution in [0.4, 0.5) is 0 Å². The fourth-order valence-electron chi connectivity index (χ4n) is 2.45. The van der Waals surface area contributed by atoms with Crippen LogP contribution < -0.4 is 0 Å². The average molecular weight is 307 g/mol. The van der Waals surface area contributed by atoms with Crippen molar-refractivity contribution in [3.8, 4) is 0 Å². The van der Waals surface area contributed by atoms with Crippen molar-refractivity contribution in [2.45, 2.75) is 31.6 Å². The van der Waals surface area contributed by atoms with E-state index in [0.717, 1.165) is 48.4 Å². The lowest BCUT2D eigenvalue weighted by Gasteiger charge is -2.27. The molecule has 0 aliphatic carbocycles. The summed E-state index contributed by atoms with van der Waals surface area (Å²) in [7, 11) is -3.35. The zero-order valence-corrected chi connectivity index (χ0v) is 12.8. The van der Waals surface area contributed by atoms with Gasteiger partial charge in [0.05, 0.1) is 11.4 Å². The number of aryl methyl sites for hydroxylation is 1. The van der Waals surface area contributed by atoms with E-state index in [1.54, 1.807) is 6.20 Å². The quantitative estimate of drug-likeness (QED) is 0.829. The SMILES string of the molecule is Cc1cc(CN2CCc3nc(S(C)(=O)=O)ncc3C2)n[nH]1. The van der Waals surface area contributed by atoms with Gasteiger partial charge < -0.3 is 0 Å². The van der Waals surface area contributed by atoms with Crippen molar-refractivity contribution in [2.24, 2.45) is 0 Å². The first-order valence-corrected chi connectivity index (χ1v) is 8.59. The number of nitrogens with one attached hydrogen (secondary N) is 1. The Hall–Kier alpha value is -1.80. The zero-order valence-electron chi connectivity index (χ0n) is 12.0. The minimum absolute atomic E-state index is 0.0855. The third kappa shape index (κ3) is 3.11. The Morgan fingerprint density at radius 1 is 1.43 bits per heavy atom. The summed E-state index contributed by atoms with van der Waals surface area (Å²) in [5, 5.41) is 7.08. The summed E-state index contributed by atoms with van der Waals surface area (Å²) in [5.74, 6) is 0. The van der Waals surface area contributed by atoms with Crippen LogP contribution in [0.15, 0.2) is 17.4 Å². The van der Waals surface area contributed by atoms with Gasteiger partial charge in [-0.15, -0.1) is 0 Å². The molecule has 0 aromatic carbocycles. The highest BCUT2D eigenvalue weighted by molar-refractivity contribution is 7.90. The van der Waals surface area contributed by atoms with E-state index < -0.39 is 9.84 Å². The van der Waals surface area contributed by atoms with Gasteiger partial charge in [-0.25, -0.2) is 18.4 Å². The molecule has 0 amide bonds. The van der Waals surface area contributed by atoms with Crippen molar-refractivity contribution >= 4 is 9.84 Å². The van der Waals surface area contributed by atoms with Gasteiger partial charge in [0.15, 0.2) is 0 Å². The van der Waals surface area contributed by atoms with Crippen LogP contribution in [0.5, 0.6) is 0 Å². The van der Waals surface area contributed by atoms with Crippen molar-refractivity contribution < 1.29 is 8.42 Å². The van der Waals surface area contributed by atoms with Gasteiger partial charge in [0, 0.05) is 49.8 Å². The number of nitrogens with zero attached hydrogens (tertiary/aromatic N) is 4. The summed E-state index contributed by atoms with van der Waals surface area (Å²) < 4.78 is 23.0. The molecule has 0 atom stereocenters. The first-order chi connectivity index (χ1) is 9.91. The molecule has 0 bridgehead atoms. The fourth-order valence-corrected chi connectivity index (χ4v) is 2.97. The van der Waals surface area contributed by atoms with Crippen LogP contribution in [0.2, 0.25) is 0 Å². The third-order valence-electron chi connectivity index (χ3n) is 3.47. The van der Waals surface area contributed by atoms with Gasteiger partial charge in [0.1, 0.15) is 0 Å². The predicted molar refractivity (Wildman–Crippen MR) is 76.3 cm³/mol. The highest BCUT2D eigenvalue weighted by Gasteiger charge is 2.21. The molecule has 0 spiro atoms. The Bertz CT molecular complexity index is 769. The maximum absolute atomic E-state index is 11.5. The minimum atomic E-state index is -3.35. The van der Waals surface area contributed by atoms with E-state index in [1.165, 1.54) is 0 Å². The lowest BCUT2D eigenvalue weighted by Crippen LogP contribution is -2.31. The molecule has 112 valence electrons. The van der Waals surface area contributed by atoms with Crippen LogP contribution in [-0.2, 0) is 29.3 Å². The maximum atomic E-state index is 11.5. The van der Waals surface area contributed by atoms with E-state index in [1.807, 2.05) is 13.0 Å². The van der Waals surface area contributed by atoms with Gasteiger partial charge in [0.25, 0.3) is 0 Å². The van der Waals surface area contributed by atoms with Gasteiger partial charge >= 0.3 is 0 Å². The standard InChI is InChI=1S/C13H17N5O2S/c1-9-5-11(17-16-9)8-18-4-3-12-10(7-18)6-14-13(15-12)21(2,19)20/h5-6H,3-4,7-8H2,1-2H3,(H,16,17). The molecule has 0 saturated carbocycles. The summed E-state index contributed by atoms with van der Waals surface area (Å²) in [6.45, 7) is 4.28. The number of hydrogen-bond acceptors (Lipinski definition) is 6. The van der Waals surface area contributed by atoms with E-state index in [2.05, 4.69) is 25.1 Å². The Kier molecular flexibility index (Phi) is 3.50. The van der Waals surface area contributed by atoms with Gasteiger partial charge in [-0.3, -0.25) is 10.00 Å². The Morgan fingerprint density at radius 3 is 2.90 bits per heavy atom. The van der Waals surface area contributed by atoms with Crippen LogP contribution in [0.25, 0.3) is 0 Å². The topological polar surface area (TPSA) is 91.8 Å². The summed E-state index contributed by atoms with van der Waals surface area (Å²) in [4.78, 5) is 10.4. The fraction of sp³-hybridized carbons (Fsp3) is 0.462. The average Bonchev–Trinajstić information content (AvgIpc) is 2.82. The smallest absolute Gasteiger partial charge is 0.246 e. The molecule has 7 nitrogen and oxygen atoms in total. The number of hydrogen-bond donors (Lipinski definition) is 1. The molecule has 1 aliphatic rings. The number of sulfone groups is 1. The van der Waals surface area contributed by atoms with E-state index >= 15 is 0 Å². The molecule has 2 aromatic rings. The van der Waals surface area contributed by atoms with Crippen molar-refractivity contribution in [1.82, 2.24) is 25.1 Å². The van der Waals surface area contributed by atoms with Crippen LogP contribution in [0, 0.1) is 6.92 Å². The Balaban J connectivity index is 1.77. The molecule has 1 N–H and O–H groups in total. The summed E-state index contributed by atoms with van der Waals surface area (Å²) in [5.41, 5.74) is 3.87. The van der Waals surface area contributed by atoms with Gasteiger partial charge in [-0.2, -0.15) is 5.10 Å². The normalized spacial score (nSPS) is 15.9. The molecule has 1 aliphatic heterocycles. The molecule has 0 unspecified atom stereocenters. The molecule has 21 heavy (non-hydrogen) atoms. The van der Waals surface area contributed by atoms with Crippen LogP contribution in [0.1, 0.15) is 22.6 Å². The summed E-state index contributed by atoms with van der Waals surface area (Å²) in [6.07, 6.45) is 3.48. The lowest BCUT2D eigenvalue weighted by atomic mass is 10.1. The zero-order chi connectivity index (χ0) is 15.0. The largest absolute Gasteiger partial charge is 0.293 e. The number of rotatable bonds is 3. The molecular formula is C13H17N5O2S. The lowest BCUT2D eigenvalue weighted by molar-refractivity contribution is 0.239. The second kappa shape index (κ2) is 5.19.